The van der Waals surface area contributed by atoms with Crippen LogP contribution in [0.1, 0.15) is 50.2 Å². The van der Waals surface area contributed by atoms with Crippen molar-refractivity contribution in [2.45, 2.75) is 51.2 Å². The summed E-state index contributed by atoms with van der Waals surface area (Å²) in [4.78, 5) is 5.29. The summed E-state index contributed by atoms with van der Waals surface area (Å²) in [6.07, 6.45) is 3.73. The number of halogens is 2. The highest BCUT2D eigenvalue weighted by molar-refractivity contribution is 7.08. The summed E-state index contributed by atoms with van der Waals surface area (Å²) < 4.78 is 5.67. The topological polar surface area (TPSA) is 15.7 Å². The average Bonchev–Trinajstić information content (AvgIpc) is 3.41. The zero-order valence-electron chi connectivity index (χ0n) is 19.5. The Morgan fingerprint density at radius 1 is 1.09 bits per heavy atom. The van der Waals surface area contributed by atoms with Crippen LogP contribution in [0, 0.1) is 11.8 Å². The lowest BCUT2D eigenvalue weighted by atomic mass is 9.85. The van der Waals surface area contributed by atoms with Gasteiger partial charge < -0.3 is 9.64 Å². The van der Waals surface area contributed by atoms with Crippen molar-refractivity contribution in [3.63, 3.8) is 0 Å². The first-order valence-corrected chi connectivity index (χ1v) is 13.5. The summed E-state index contributed by atoms with van der Waals surface area (Å²) in [7, 11) is 1.84. The number of thiophene rings is 1. The normalized spacial score (nSPS) is 23.8. The molecule has 0 radical (unpaired) electrons. The maximum atomic E-state index is 6.48. The second kappa shape index (κ2) is 10.8. The van der Waals surface area contributed by atoms with Crippen molar-refractivity contribution >= 4 is 34.5 Å². The summed E-state index contributed by atoms with van der Waals surface area (Å²) in [5, 5.41) is 6.03. The summed E-state index contributed by atoms with van der Waals surface area (Å²) in [5.41, 5.74) is 2.66. The highest BCUT2D eigenvalue weighted by atomic mass is 35.5. The number of ether oxygens (including phenoxy) is 1. The molecule has 2 aliphatic rings. The van der Waals surface area contributed by atoms with Gasteiger partial charge in [0, 0.05) is 49.3 Å². The fourth-order valence-corrected chi connectivity index (χ4v) is 6.71. The van der Waals surface area contributed by atoms with Crippen molar-refractivity contribution in [1.29, 1.82) is 0 Å². The lowest BCUT2D eigenvalue weighted by Gasteiger charge is -2.37. The van der Waals surface area contributed by atoms with Crippen LogP contribution in [0.4, 0.5) is 0 Å². The van der Waals surface area contributed by atoms with E-state index < -0.39 is 0 Å². The Morgan fingerprint density at radius 2 is 1.88 bits per heavy atom. The number of piperidine rings is 1. The van der Waals surface area contributed by atoms with Crippen LogP contribution in [0.25, 0.3) is 0 Å². The smallest absolute Gasteiger partial charge is 0.0625 e. The summed E-state index contributed by atoms with van der Waals surface area (Å²) in [6.45, 7) is 11.1. The molecule has 176 valence electrons. The van der Waals surface area contributed by atoms with Crippen LogP contribution in [0.15, 0.2) is 35.0 Å². The van der Waals surface area contributed by atoms with Gasteiger partial charge in [-0.25, -0.2) is 0 Å². The Morgan fingerprint density at radius 3 is 2.53 bits per heavy atom. The van der Waals surface area contributed by atoms with E-state index in [1.165, 1.54) is 43.6 Å². The molecule has 0 saturated carbocycles. The van der Waals surface area contributed by atoms with Crippen molar-refractivity contribution < 1.29 is 4.74 Å². The standard InChI is InChI=1S/C26H36Cl2N2OS/c1-26(2,31-3)13-19-6-9-29(10-7-19)15-22-16-30(17-24(22)21-8-11-32-18-21)14-20-4-5-23(27)12-25(20)28/h4-5,8,11-12,18-19,22,24H,6-7,9-10,13-17H2,1-3H3/t22-,24+/m0/s1. The molecule has 2 fully saturated rings. The fourth-order valence-electron chi connectivity index (χ4n) is 5.51. The van der Waals surface area contributed by atoms with Gasteiger partial charge in [0.2, 0.25) is 0 Å². The molecule has 2 aromatic rings. The van der Waals surface area contributed by atoms with Crippen LogP contribution in [-0.4, -0.2) is 55.2 Å². The fraction of sp³-hybridized carbons (Fsp3) is 0.615. The molecule has 0 spiro atoms. The third kappa shape index (κ3) is 6.28. The first kappa shape index (κ1) is 24.5. The molecule has 2 atom stereocenters. The van der Waals surface area contributed by atoms with Gasteiger partial charge in [0.25, 0.3) is 0 Å². The minimum atomic E-state index is -0.00816. The highest BCUT2D eigenvalue weighted by Crippen LogP contribution is 2.37. The lowest BCUT2D eigenvalue weighted by Crippen LogP contribution is -2.40. The SMILES string of the molecule is COC(C)(C)CC1CCN(C[C@H]2CN(Cc3ccc(Cl)cc3Cl)C[C@@H]2c2ccsc2)CC1. The molecule has 2 saturated heterocycles. The molecule has 0 bridgehead atoms. The van der Waals surface area contributed by atoms with Crippen LogP contribution in [-0.2, 0) is 11.3 Å². The van der Waals surface area contributed by atoms with Crippen molar-refractivity contribution in [2.24, 2.45) is 11.8 Å². The molecule has 1 aromatic carbocycles. The van der Waals surface area contributed by atoms with E-state index in [1.807, 2.05) is 30.6 Å². The first-order chi connectivity index (χ1) is 15.3. The number of hydrogen-bond acceptors (Lipinski definition) is 4. The Kier molecular flexibility index (Phi) is 8.23. The van der Waals surface area contributed by atoms with E-state index in [0.717, 1.165) is 37.0 Å². The van der Waals surface area contributed by atoms with Gasteiger partial charge in [-0.2, -0.15) is 11.3 Å². The Balaban J connectivity index is 1.37. The Bertz CT molecular complexity index is 865. The zero-order chi connectivity index (χ0) is 22.7. The summed E-state index contributed by atoms with van der Waals surface area (Å²) in [6, 6.07) is 8.20. The molecule has 3 heterocycles. The van der Waals surface area contributed by atoms with Gasteiger partial charge in [0.15, 0.2) is 0 Å². The Hall–Kier alpha value is -0.620. The van der Waals surface area contributed by atoms with E-state index in [2.05, 4.69) is 46.5 Å². The van der Waals surface area contributed by atoms with Crippen LogP contribution in [0.5, 0.6) is 0 Å². The van der Waals surface area contributed by atoms with Crippen molar-refractivity contribution in [2.75, 3.05) is 39.8 Å². The average molecular weight is 496 g/mol. The maximum Gasteiger partial charge on any atom is 0.0625 e. The van der Waals surface area contributed by atoms with Gasteiger partial charge in [-0.15, -0.1) is 0 Å². The van der Waals surface area contributed by atoms with Crippen LogP contribution >= 0.6 is 34.5 Å². The summed E-state index contributed by atoms with van der Waals surface area (Å²) >= 11 is 14.4. The zero-order valence-corrected chi connectivity index (χ0v) is 21.9. The van der Waals surface area contributed by atoms with Gasteiger partial charge in [-0.05, 0) is 98.1 Å². The molecule has 0 amide bonds. The first-order valence-electron chi connectivity index (χ1n) is 11.8. The third-order valence-corrected chi connectivity index (χ3v) is 8.72. The predicted octanol–water partition coefficient (Wildman–Crippen LogP) is 6.80. The molecule has 0 aliphatic carbocycles. The molecular weight excluding hydrogens is 459 g/mol. The van der Waals surface area contributed by atoms with Crippen LogP contribution in [0.3, 0.4) is 0 Å². The molecule has 2 aliphatic heterocycles. The van der Waals surface area contributed by atoms with Gasteiger partial charge >= 0.3 is 0 Å². The minimum absolute atomic E-state index is 0.00816. The monoisotopic (exact) mass is 494 g/mol. The molecular formula is C26H36Cl2N2OS. The van der Waals surface area contributed by atoms with Crippen molar-refractivity contribution in [3.05, 3.63) is 56.2 Å². The second-order valence-corrected chi connectivity index (χ2v) is 11.9. The Labute approximate surface area is 207 Å². The van der Waals surface area contributed by atoms with E-state index in [4.69, 9.17) is 27.9 Å². The molecule has 32 heavy (non-hydrogen) atoms. The van der Waals surface area contributed by atoms with E-state index in [1.54, 1.807) is 0 Å². The maximum absolute atomic E-state index is 6.48. The molecule has 3 nitrogen and oxygen atoms in total. The number of likely N-dealkylation sites (tertiary alicyclic amines) is 2. The van der Waals surface area contributed by atoms with Crippen molar-refractivity contribution in [1.82, 2.24) is 9.80 Å². The van der Waals surface area contributed by atoms with E-state index in [9.17, 15) is 0 Å². The largest absolute Gasteiger partial charge is 0.379 e. The van der Waals surface area contributed by atoms with E-state index >= 15 is 0 Å². The molecule has 4 rings (SSSR count). The number of nitrogens with zero attached hydrogens (tertiary/aromatic N) is 2. The molecule has 0 N–H and O–H groups in total. The van der Waals surface area contributed by atoms with Gasteiger partial charge in [-0.3, -0.25) is 4.90 Å². The third-order valence-electron chi connectivity index (χ3n) is 7.43. The number of benzene rings is 1. The highest BCUT2D eigenvalue weighted by Gasteiger charge is 2.36. The predicted molar refractivity (Wildman–Crippen MR) is 137 cm³/mol. The van der Waals surface area contributed by atoms with Crippen LogP contribution in [0.2, 0.25) is 10.0 Å². The minimum Gasteiger partial charge on any atom is -0.379 e. The molecule has 0 unspecified atom stereocenters. The van der Waals surface area contributed by atoms with Crippen LogP contribution < -0.4 is 0 Å². The molecule has 1 aromatic heterocycles. The number of hydrogen-bond donors (Lipinski definition) is 0. The summed E-state index contributed by atoms with van der Waals surface area (Å²) in [5.74, 6) is 2.03. The number of methoxy groups -OCH3 is 1. The van der Waals surface area contributed by atoms with Gasteiger partial charge in [0.05, 0.1) is 5.60 Å². The van der Waals surface area contributed by atoms with E-state index in [-0.39, 0.29) is 5.60 Å². The second-order valence-electron chi connectivity index (χ2n) is 10.3. The molecule has 6 heteroatoms. The lowest BCUT2D eigenvalue weighted by molar-refractivity contribution is -0.00707. The van der Waals surface area contributed by atoms with Gasteiger partial charge in [0.1, 0.15) is 0 Å². The quantitative estimate of drug-likeness (QED) is 0.401. The number of rotatable bonds is 8. The van der Waals surface area contributed by atoms with Gasteiger partial charge in [-0.1, -0.05) is 29.3 Å². The van der Waals surface area contributed by atoms with E-state index in [0.29, 0.717) is 16.9 Å². The van der Waals surface area contributed by atoms with Crippen molar-refractivity contribution in [3.8, 4) is 0 Å².